The maximum atomic E-state index is 13.6. The minimum absolute atomic E-state index is 0.0409. The maximum Gasteiger partial charge on any atom is 0.335 e. The van der Waals surface area contributed by atoms with Gasteiger partial charge in [0.2, 0.25) is 15.9 Å². The zero-order chi connectivity index (χ0) is 26.8. The van der Waals surface area contributed by atoms with Crippen molar-refractivity contribution in [1.29, 1.82) is 0 Å². The van der Waals surface area contributed by atoms with Crippen molar-refractivity contribution in [1.82, 2.24) is 14.5 Å². The van der Waals surface area contributed by atoms with Gasteiger partial charge in [-0.05, 0) is 55.3 Å². The number of ether oxygens (including phenoxy) is 1. The first kappa shape index (κ1) is 27.9. The average molecular weight is 552 g/mol. The second kappa shape index (κ2) is 11.3. The smallest absolute Gasteiger partial charge is 0.335 e. The summed E-state index contributed by atoms with van der Waals surface area (Å²) >= 11 is 6.03. The molecule has 2 aromatic rings. The first-order valence-corrected chi connectivity index (χ1v) is 14.6. The van der Waals surface area contributed by atoms with Crippen molar-refractivity contribution >= 4 is 44.2 Å². The van der Waals surface area contributed by atoms with E-state index in [1.165, 1.54) is 11.0 Å². The number of fused-ring (bicyclic) bond motifs is 1. The second-order valence-corrected chi connectivity index (χ2v) is 12.2. The molecule has 0 aromatic heterocycles. The van der Waals surface area contributed by atoms with Crippen molar-refractivity contribution in [3.63, 3.8) is 0 Å². The lowest BCUT2D eigenvalue weighted by atomic mass is 10.1. The first-order chi connectivity index (χ1) is 17.5. The molecule has 0 radical (unpaired) electrons. The van der Waals surface area contributed by atoms with Crippen LogP contribution < -0.4 is 4.72 Å². The summed E-state index contributed by atoms with van der Waals surface area (Å²) in [5.41, 5.74) is 0. The molecule has 2 aromatic carbocycles. The third kappa shape index (κ3) is 6.16. The summed E-state index contributed by atoms with van der Waals surface area (Å²) in [7, 11) is -2.03. The molecule has 1 unspecified atom stereocenters. The number of nitrogens with zero attached hydrogens (tertiary/aromatic N) is 3. The fraction of sp³-hybridized carbons (Fsp3) is 0.538. The Bertz CT molecular complexity index is 1270. The maximum absolute atomic E-state index is 13.6. The van der Waals surface area contributed by atoms with Crippen molar-refractivity contribution in [2.24, 2.45) is 0 Å². The molecule has 0 bridgehead atoms. The Morgan fingerprint density at radius 3 is 2.54 bits per heavy atom. The molecule has 9 nitrogen and oxygen atoms in total. The minimum Gasteiger partial charge on any atom is -0.379 e. The molecule has 2 aliphatic rings. The first-order valence-electron chi connectivity index (χ1n) is 12.8. The van der Waals surface area contributed by atoms with Gasteiger partial charge in [0.05, 0.1) is 38.2 Å². The van der Waals surface area contributed by atoms with E-state index in [1.54, 1.807) is 37.3 Å². The standard InChI is InChI=1S/C26H36ClN4O5S/c1-4-31(3,14-11-29-12-15-36-16-13-29)26(33)19(2)30-10-9-24(25(30)32)28-37(34,35)23-8-6-20-17-22(27)7-5-21(20)18-23/h5-8,17-19,24,28H,4,9-16H2,1-3H3/q+1/t19-,24-,31?/m0/s1. The van der Waals surface area contributed by atoms with Gasteiger partial charge in [-0.15, -0.1) is 0 Å². The van der Waals surface area contributed by atoms with Gasteiger partial charge >= 0.3 is 5.91 Å². The highest BCUT2D eigenvalue weighted by atomic mass is 35.5. The summed E-state index contributed by atoms with van der Waals surface area (Å²) in [6.07, 6.45) is 0.308. The largest absolute Gasteiger partial charge is 0.379 e. The van der Waals surface area contributed by atoms with Gasteiger partial charge in [-0.2, -0.15) is 4.72 Å². The predicted octanol–water partition coefficient (Wildman–Crippen LogP) is 2.09. The van der Waals surface area contributed by atoms with Crippen LogP contribution in [0.15, 0.2) is 41.3 Å². The molecule has 4 rings (SSSR count). The van der Waals surface area contributed by atoms with E-state index in [4.69, 9.17) is 16.3 Å². The number of rotatable bonds is 9. The molecular formula is C26H36ClN4O5S+. The highest BCUT2D eigenvalue weighted by molar-refractivity contribution is 7.89. The van der Waals surface area contributed by atoms with Gasteiger partial charge in [-0.3, -0.25) is 14.2 Å². The predicted molar refractivity (Wildman–Crippen MR) is 143 cm³/mol. The molecule has 0 spiro atoms. The van der Waals surface area contributed by atoms with Gasteiger partial charge in [0, 0.05) is 31.2 Å². The molecule has 3 atom stereocenters. The quantitative estimate of drug-likeness (QED) is 0.479. The summed E-state index contributed by atoms with van der Waals surface area (Å²) < 4.78 is 34.4. The third-order valence-corrected chi connectivity index (χ3v) is 9.39. The van der Waals surface area contributed by atoms with E-state index in [1.807, 2.05) is 14.0 Å². The number of likely N-dealkylation sites (N-methyl/N-ethyl adjacent to an activating group) is 1. The summed E-state index contributed by atoms with van der Waals surface area (Å²) in [5, 5.41) is 2.13. The van der Waals surface area contributed by atoms with Crippen LogP contribution in [0.1, 0.15) is 20.3 Å². The monoisotopic (exact) mass is 551 g/mol. The van der Waals surface area contributed by atoms with Crippen molar-refractivity contribution in [3.05, 3.63) is 41.4 Å². The van der Waals surface area contributed by atoms with Gasteiger partial charge in [0.1, 0.15) is 12.1 Å². The zero-order valence-electron chi connectivity index (χ0n) is 21.7. The van der Waals surface area contributed by atoms with E-state index < -0.39 is 22.1 Å². The lowest BCUT2D eigenvalue weighted by Crippen LogP contribution is -2.60. The highest BCUT2D eigenvalue weighted by Crippen LogP contribution is 2.24. The van der Waals surface area contributed by atoms with Gasteiger partial charge < -0.3 is 9.64 Å². The lowest BCUT2D eigenvalue weighted by Gasteiger charge is -2.37. The van der Waals surface area contributed by atoms with E-state index in [9.17, 15) is 18.0 Å². The van der Waals surface area contributed by atoms with Crippen LogP contribution in [0, 0.1) is 0 Å². The fourth-order valence-corrected chi connectivity index (χ4v) is 6.45. The molecule has 2 saturated heterocycles. The van der Waals surface area contributed by atoms with E-state index in [-0.39, 0.29) is 21.2 Å². The topological polar surface area (TPSA) is 96.0 Å². The normalized spacial score (nSPS) is 21.8. The van der Waals surface area contributed by atoms with E-state index in [2.05, 4.69) is 9.62 Å². The summed E-state index contributed by atoms with van der Waals surface area (Å²) in [5.74, 6) is -0.409. The SMILES string of the molecule is CC[N+](C)(CCN1CCOCC1)C(=O)[C@H](C)N1CC[C@H](NS(=O)(=O)c2ccc3cc(Cl)ccc3c2)C1=O. The Morgan fingerprint density at radius 2 is 1.84 bits per heavy atom. The van der Waals surface area contributed by atoms with Crippen LogP contribution in [0.25, 0.3) is 10.8 Å². The third-order valence-electron chi connectivity index (χ3n) is 7.69. The number of benzene rings is 2. The molecule has 0 saturated carbocycles. The Balaban J connectivity index is 1.41. The number of carbonyl (C=O) groups is 2. The number of carbonyl (C=O) groups excluding carboxylic acids is 2. The molecule has 2 amide bonds. The molecule has 0 aliphatic carbocycles. The van der Waals surface area contributed by atoms with Crippen LogP contribution in [0.3, 0.4) is 0 Å². The zero-order valence-corrected chi connectivity index (χ0v) is 23.2. The van der Waals surface area contributed by atoms with Gasteiger partial charge in [-0.1, -0.05) is 23.7 Å². The molecule has 2 fully saturated rings. The van der Waals surface area contributed by atoms with E-state index in [0.29, 0.717) is 44.3 Å². The van der Waals surface area contributed by atoms with Gasteiger partial charge in [0.25, 0.3) is 0 Å². The fourth-order valence-electron chi connectivity index (χ4n) is 5.01. The lowest BCUT2D eigenvalue weighted by molar-refractivity contribution is -0.833. The molecule has 2 heterocycles. The Hall–Kier alpha value is -2.08. The van der Waals surface area contributed by atoms with Crippen LogP contribution >= 0.6 is 11.6 Å². The Kier molecular flexibility index (Phi) is 8.57. The molecule has 11 heteroatoms. The average Bonchev–Trinajstić information content (AvgIpc) is 3.25. The summed E-state index contributed by atoms with van der Waals surface area (Å²) in [4.78, 5) is 30.7. The Morgan fingerprint density at radius 1 is 1.16 bits per heavy atom. The summed E-state index contributed by atoms with van der Waals surface area (Å²) in [6, 6.07) is 8.43. The number of likely N-dealkylation sites (tertiary alicyclic amines) is 1. The minimum atomic E-state index is -3.94. The molecule has 2 aliphatic heterocycles. The number of halogens is 1. The molecular weight excluding hydrogens is 516 g/mol. The molecule has 1 N–H and O–H groups in total. The van der Waals surface area contributed by atoms with Crippen LogP contribution in [0.2, 0.25) is 5.02 Å². The number of quaternary nitrogens is 1. The molecule has 37 heavy (non-hydrogen) atoms. The molecule has 202 valence electrons. The number of amides is 2. The highest BCUT2D eigenvalue weighted by Gasteiger charge is 2.44. The summed E-state index contributed by atoms with van der Waals surface area (Å²) in [6.45, 7) is 9.18. The van der Waals surface area contributed by atoms with Crippen LogP contribution in [0.4, 0.5) is 0 Å². The number of nitrogens with one attached hydrogen (secondary N) is 1. The van der Waals surface area contributed by atoms with E-state index in [0.717, 1.165) is 30.4 Å². The number of morpholine rings is 1. The van der Waals surface area contributed by atoms with Gasteiger partial charge in [-0.25, -0.2) is 13.2 Å². The van der Waals surface area contributed by atoms with E-state index >= 15 is 0 Å². The van der Waals surface area contributed by atoms with Crippen molar-refractivity contribution in [2.45, 2.75) is 37.2 Å². The Labute approximate surface area is 223 Å². The second-order valence-electron chi connectivity index (χ2n) is 10.1. The number of hydrogen-bond donors (Lipinski definition) is 1. The van der Waals surface area contributed by atoms with Crippen molar-refractivity contribution < 1.29 is 27.2 Å². The van der Waals surface area contributed by atoms with Crippen LogP contribution in [0.5, 0.6) is 0 Å². The van der Waals surface area contributed by atoms with Crippen molar-refractivity contribution in [3.8, 4) is 0 Å². The number of sulfonamides is 1. The van der Waals surface area contributed by atoms with Gasteiger partial charge in [0.15, 0.2) is 0 Å². The van der Waals surface area contributed by atoms with Crippen LogP contribution in [-0.2, 0) is 24.3 Å². The van der Waals surface area contributed by atoms with Crippen LogP contribution in [-0.4, -0.2) is 106 Å². The van der Waals surface area contributed by atoms with Crippen molar-refractivity contribution in [2.75, 3.05) is 59.5 Å². The number of hydrogen-bond acceptors (Lipinski definition) is 6.